The summed E-state index contributed by atoms with van der Waals surface area (Å²) in [6.45, 7) is 6.41. The van der Waals surface area contributed by atoms with E-state index in [2.05, 4.69) is 99.0 Å². The van der Waals surface area contributed by atoms with Crippen LogP contribution in [-0.2, 0) is 14.3 Å². The van der Waals surface area contributed by atoms with Gasteiger partial charge in [0.2, 0.25) is 5.91 Å². The zero-order chi connectivity index (χ0) is 46.7. The van der Waals surface area contributed by atoms with Gasteiger partial charge in [-0.05, 0) is 83.5 Å². The van der Waals surface area contributed by atoms with Crippen molar-refractivity contribution in [3.8, 4) is 0 Å². The molecule has 3 N–H and O–H groups in total. The Hall–Kier alpha value is -2.70. The molecule has 6 heteroatoms. The van der Waals surface area contributed by atoms with E-state index >= 15 is 0 Å². The lowest BCUT2D eigenvalue weighted by Gasteiger charge is -2.24. The maximum Gasteiger partial charge on any atom is 0.306 e. The van der Waals surface area contributed by atoms with Crippen LogP contribution in [0.25, 0.3) is 0 Å². The lowest BCUT2D eigenvalue weighted by molar-refractivity contribution is -0.151. The maximum atomic E-state index is 13.2. The number of amides is 1. The molecule has 0 saturated carbocycles. The second-order valence-corrected chi connectivity index (χ2v) is 18.4. The molecule has 0 aromatic rings. The molecule has 0 radical (unpaired) electrons. The third-order valence-corrected chi connectivity index (χ3v) is 12.1. The molecule has 0 bridgehead atoms. The number of nitrogens with one attached hydrogen (secondary N) is 1. The molecule has 0 aliphatic carbocycles. The van der Waals surface area contributed by atoms with E-state index in [1.54, 1.807) is 0 Å². The normalized spacial score (nSPS) is 13.8. The lowest BCUT2D eigenvalue weighted by Crippen LogP contribution is -2.46. The molecule has 0 saturated heterocycles. The maximum absolute atomic E-state index is 13.2. The standard InChI is InChI=1S/C58H103NO5/c1-4-7-10-13-16-19-22-24-26-28-30-32-34-36-39-42-45-48-51-58(63)64-54(49-46-43-40-37-35-33-31-29-27-25-23-20-17-14-11-8-5-2)52-57(62)59-55(53-60)56(61)50-47-44-41-38-21-18-15-12-9-6-3/h16-17,19-20,22,24-28,30,32,54-56,60-61H,4-15,18,21,23,29,31,33-53H2,1-3H3,(H,59,62)/b19-16+,20-17-,24-22+,27-25-,28-26+,32-30+. The van der Waals surface area contributed by atoms with Gasteiger partial charge in [-0.1, -0.05) is 235 Å². The van der Waals surface area contributed by atoms with Crippen LogP contribution in [0.15, 0.2) is 72.9 Å². The number of unbranched alkanes of at least 4 members (excludes halogenated alkanes) is 27. The predicted molar refractivity (Wildman–Crippen MR) is 278 cm³/mol. The minimum absolute atomic E-state index is 0.0601. The van der Waals surface area contributed by atoms with Gasteiger partial charge in [0.15, 0.2) is 0 Å². The summed E-state index contributed by atoms with van der Waals surface area (Å²) in [7, 11) is 0. The molecule has 0 rings (SSSR count). The molecule has 0 aliphatic heterocycles. The first kappa shape index (κ1) is 61.3. The highest BCUT2D eigenvalue weighted by molar-refractivity contribution is 5.77. The molecule has 1 amide bonds. The van der Waals surface area contributed by atoms with Crippen molar-refractivity contribution in [3.05, 3.63) is 72.9 Å². The van der Waals surface area contributed by atoms with E-state index in [1.165, 1.54) is 116 Å². The molecule has 6 nitrogen and oxygen atoms in total. The molecule has 3 unspecified atom stereocenters. The van der Waals surface area contributed by atoms with Gasteiger partial charge in [0.25, 0.3) is 0 Å². The first-order valence-electron chi connectivity index (χ1n) is 27.2. The van der Waals surface area contributed by atoms with Gasteiger partial charge in [0, 0.05) is 6.42 Å². The summed E-state index contributed by atoms with van der Waals surface area (Å²) in [6, 6.07) is -0.712. The van der Waals surface area contributed by atoms with E-state index in [-0.39, 0.29) is 24.9 Å². The van der Waals surface area contributed by atoms with Gasteiger partial charge in [-0.25, -0.2) is 0 Å². The fraction of sp³-hybridized carbons (Fsp3) is 0.759. The van der Waals surface area contributed by atoms with Crippen molar-refractivity contribution < 1.29 is 24.5 Å². The van der Waals surface area contributed by atoms with Crippen LogP contribution in [0.5, 0.6) is 0 Å². The van der Waals surface area contributed by atoms with E-state index in [4.69, 9.17) is 4.74 Å². The van der Waals surface area contributed by atoms with Gasteiger partial charge in [-0.15, -0.1) is 0 Å². The van der Waals surface area contributed by atoms with Crippen molar-refractivity contribution in [1.82, 2.24) is 5.32 Å². The lowest BCUT2D eigenvalue weighted by atomic mass is 10.0. The molecule has 0 heterocycles. The molecular formula is C58H103NO5. The third-order valence-electron chi connectivity index (χ3n) is 12.1. The Bertz CT molecular complexity index is 1190. The van der Waals surface area contributed by atoms with Crippen LogP contribution in [0.2, 0.25) is 0 Å². The molecule has 0 aromatic heterocycles. The van der Waals surface area contributed by atoms with Crippen LogP contribution in [-0.4, -0.2) is 46.9 Å². The summed E-state index contributed by atoms with van der Waals surface area (Å²) in [6.07, 6.45) is 65.2. The Morgan fingerprint density at radius 2 is 0.859 bits per heavy atom. The number of allylic oxidation sites excluding steroid dienone is 12. The van der Waals surface area contributed by atoms with Crippen LogP contribution in [0.1, 0.15) is 258 Å². The smallest absolute Gasteiger partial charge is 0.306 e. The van der Waals surface area contributed by atoms with Crippen molar-refractivity contribution in [1.29, 1.82) is 0 Å². The Balaban J connectivity index is 4.65. The Labute approximate surface area is 396 Å². The van der Waals surface area contributed by atoms with E-state index in [0.29, 0.717) is 19.3 Å². The fourth-order valence-electron chi connectivity index (χ4n) is 7.94. The Kier molecular flexibility index (Phi) is 49.1. The zero-order valence-electron chi connectivity index (χ0n) is 42.1. The number of esters is 1. The van der Waals surface area contributed by atoms with Crippen molar-refractivity contribution >= 4 is 11.9 Å². The van der Waals surface area contributed by atoms with Crippen LogP contribution in [0.3, 0.4) is 0 Å². The predicted octanol–water partition coefficient (Wildman–Crippen LogP) is 16.6. The number of hydrogen-bond acceptors (Lipinski definition) is 5. The summed E-state index contributed by atoms with van der Waals surface area (Å²) in [5.41, 5.74) is 0. The monoisotopic (exact) mass is 894 g/mol. The molecule has 370 valence electrons. The molecular weight excluding hydrogens is 791 g/mol. The first-order chi connectivity index (χ1) is 31.5. The average Bonchev–Trinajstić information content (AvgIpc) is 3.29. The summed E-state index contributed by atoms with van der Waals surface area (Å²) >= 11 is 0. The van der Waals surface area contributed by atoms with Gasteiger partial charge < -0.3 is 20.3 Å². The van der Waals surface area contributed by atoms with E-state index in [9.17, 15) is 19.8 Å². The fourth-order valence-corrected chi connectivity index (χ4v) is 7.94. The molecule has 0 aromatic carbocycles. The van der Waals surface area contributed by atoms with Crippen molar-refractivity contribution in [2.24, 2.45) is 0 Å². The summed E-state index contributed by atoms with van der Waals surface area (Å²) in [5.74, 6) is -0.507. The number of aliphatic hydroxyl groups excluding tert-OH is 2. The largest absolute Gasteiger partial charge is 0.462 e. The second kappa shape index (κ2) is 51.3. The van der Waals surface area contributed by atoms with Gasteiger partial charge in [0.1, 0.15) is 6.10 Å². The summed E-state index contributed by atoms with van der Waals surface area (Å²) in [5, 5.41) is 23.8. The van der Waals surface area contributed by atoms with E-state index in [1.807, 2.05) is 0 Å². The van der Waals surface area contributed by atoms with E-state index < -0.39 is 18.2 Å². The number of hydrogen-bond donors (Lipinski definition) is 3. The highest BCUT2D eigenvalue weighted by Crippen LogP contribution is 2.18. The number of aliphatic hydroxyl groups is 2. The van der Waals surface area contributed by atoms with Crippen molar-refractivity contribution in [2.45, 2.75) is 277 Å². The Morgan fingerprint density at radius 3 is 1.36 bits per heavy atom. The highest BCUT2D eigenvalue weighted by atomic mass is 16.5. The average molecular weight is 894 g/mol. The van der Waals surface area contributed by atoms with Gasteiger partial charge >= 0.3 is 5.97 Å². The molecule has 64 heavy (non-hydrogen) atoms. The number of carbonyl (C=O) groups excluding carboxylic acids is 2. The number of rotatable bonds is 48. The van der Waals surface area contributed by atoms with Crippen LogP contribution < -0.4 is 5.32 Å². The number of carbonyl (C=O) groups is 2. The summed E-state index contributed by atoms with van der Waals surface area (Å²) in [4.78, 5) is 26.2. The minimum Gasteiger partial charge on any atom is -0.462 e. The van der Waals surface area contributed by atoms with Crippen LogP contribution in [0.4, 0.5) is 0 Å². The van der Waals surface area contributed by atoms with Gasteiger partial charge in [-0.2, -0.15) is 0 Å². The molecule has 3 atom stereocenters. The number of ether oxygens (including phenoxy) is 1. The molecule has 0 fully saturated rings. The van der Waals surface area contributed by atoms with Crippen LogP contribution >= 0.6 is 0 Å². The molecule has 0 spiro atoms. The second-order valence-electron chi connectivity index (χ2n) is 18.4. The van der Waals surface area contributed by atoms with Crippen molar-refractivity contribution in [2.75, 3.05) is 6.61 Å². The Morgan fingerprint density at radius 1 is 0.469 bits per heavy atom. The van der Waals surface area contributed by atoms with Gasteiger partial charge in [0.05, 0.1) is 25.2 Å². The SMILES string of the molecule is CCCCC/C=C\C/C=C\CCCCCCCCCC(CC(=O)NC(CO)C(O)CCCCCCCCCCCC)OC(=O)CCCCCCC/C=C/C=C/C=C/C=C/CCCCC. The third kappa shape index (κ3) is 45.9. The zero-order valence-corrected chi connectivity index (χ0v) is 42.1. The minimum atomic E-state index is -0.796. The van der Waals surface area contributed by atoms with Gasteiger partial charge in [-0.3, -0.25) is 9.59 Å². The quantitative estimate of drug-likeness (QED) is 0.0245. The van der Waals surface area contributed by atoms with Crippen LogP contribution in [0, 0.1) is 0 Å². The highest BCUT2D eigenvalue weighted by Gasteiger charge is 2.24. The first-order valence-corrected chi connectivity index (χ1v) is 27.2. The summed E-state index contributed by atoms with van der Waals surface area (Å²) < 4.78 is 5.94. The van der Waals surface area contributed by atoms with Crippen molar-refractivity contribution in [3.63, 3.8) is 0 Å². The van der Waals surface area contributed by atoms with E-state index in [0.717, 1.165) is 96.3 Å². The topological polar surface area (TPSA) is 95.9 Å². The molecule has 0 aliphatic rings.